The fraction of sp³-hybridized carbons (Fsp3) is 0.529. The third kappa shape index (κ3) is 4.33. The maximum atomic E-state index is 12.2. The highest BCUT2D eigenvalue weighted by atomic mass is 16.5. The van der Waals surface area contributed by atoms with Crippen molar-refractivity contribution in [1.82, 2.24) is 20.4 Å². The third-order valence-corrected chi connectivity index (χ3v) is 4.15. The Balaban J connectivity index is 1.54. The quantitative estimate of drug-likeness (QED) is 0.806. The van der Waals surface area contributed by atoms with Gasteiger partial charge < -0.3 is 19.8 Å². The van der Waals surface area contributed by atoms with Crippen LogP contribution in [-0.4, -0.2) is 51.4 Å². The molecule has 1 aliphatic heterocycles. The number of anilines is 1. The first-order chi connectivity index (χ1) is 12.0. The summed E-state index contributed by atoms with van der Waals surface area (Å²) in [7, 11) is 0. The first-order valence-electron chi connectivity index (χ1n) is 8.43. The van der Waals surface area contributed by atoms with Crippen LogP contribution in [0.5, 0.6) is 0 Å². The Morgan fingerprint density at radius 3 is 2.92 bits per heavy atom. The van der Waals surface area contributed by atoms with Gasteiger partial charge in [0.25, 0.3) is 5.91 Å². The van der Waals surface area contributed by atoms with Crippen molar-refractivity contribution in [2.45, 2.75) is 32.3 Å². The number of hydrogen-bond acceptors (Lipinski definition) is 7. The highest BCUT2D eigenvalue weighted by Gasteiger charge is 2.37. The van der Waals surface area contributed by atoms with E-state index in [1.165, 1.54) is 0 Å². The maximum Gasteiger partial charge on any atom is 0.290 e. The van der Waals surface area contributed by atoms with Crippen molar-refractivity contribution in [1.29, 1.82) is 0 Å². The molecule has 1 fully saturated rings. The lowest BCUT2D eigenvalue weighted by Crippen LogP contribution is -2.45. The van der Waals surface area contributed by atoms with Crippen molar-refractivity contribution in [2.75, 3.05) is 24.5 Å². The van der Waals surface area contributed by atoms with Crippen LogP contribution in [0.1, 0.15) is 36.5 Å². The van der Waals surface area contributed by atoms with E-state index in [9.17, 15) is 9.90 Å². The first-order valence-corrected chi connectivity index (χ1v) is 8.43. The fourth-order valence-corrected chi connectivity index (χ4v) is 2.89. The molecule has 8 heteroatoms. The summed E-state index contributed by atoms with van der Waals surface area (Å²) in [5, 5.41) is 17.3. The molecule has 8 nitrogen and oxygen atoms in total. The van der Waals surface area contributed by atoms with Crippen LogP contribution < -0.4 is 10.2 Å². The molecule has 25 heavy (non-hydrogen) atoms. The van der Waals surface area contributed by atoms with Crippen molar-refractivity contribution in [3.63, 3.8) is 0 Å². The highest BCUT2D eigenvalue weighted by Crippen LogP contribution is 2.23. The standard InChI is InChI=1S/C17H23N5O3/c1-12(2)8-13-9-14(25-21-13)15(23)20-10-17(24)4-7-22(11-17)16-18-5-3-6-19-16/h3,5-6,9,12,24H,4,7-8,10-11H2,1-2H3,(H,20,23)/t17-/m1/s1. The van der Waals surface area contributed by atoms with Crippen molar-refractivity contribution < 1.29 is 14.4 Å². The molecule has 3 heterocycles. The van der Waals surface area contributed by atoms with Crippen LogP contribution in [0.4, 0.5) is 5.95 Å². The van der Waals surface area contributed by atoms with Gasteiger partial charge in [0.1, 0.15) is 5.60 Å². The molecule has 0 radical (unpaired) electrons. The van der Waals surface area contributed by atoms with E-state index in [0.29, 0.717) is 31.4 Å². The smallest absolute Gasteiger partial charge is 0.290 e. The normalized spacial score (nSPS) is 20.2. The molecule has 2 aromatic rings. The summed E-state index contributed by atoms with van der Waals surface area (Å²) in [5.74, 6) is 0.815. The van der Waals surface area contributed by atoms with Crippen molar-refractivity contribution >= 4 is 11.9 Å². The van der Waals surface area contributed by atoms with Gasteiger partial charge in [-0.3, -0.25) is 4.79 Å². The van der Waals surface area contributed by atoms with Gasteiger partial charge in [-0.2, -0.15) is 0 Å². The first kappa shape index (κ1) is 17.3. The number of nitrogens with zero attached hydrogens (tertiary/aromatic N) is 4. The van der Waals surface area contributed by atoms with E-state index in [4.69, 9.17) is 4.52 Å². The van der Waals surface area contributed by atoms with Crippen molar-refractivity contribution in [3.05, 3.63) is 36.0 Å². The molecule has 1 aliphatic rings. The molecule has 1 amide bonds. The Bertz CT molecular complexity index is 718. The molecular weight excluding hydrogens is 322 g/mol. The average Bonchev–Trinajstić information content (AvgIpc) is 3.21. The van der Waals surface area contributed by atoms with E-state index in [1.807, 2.05) is 4.90 Å². The number of hydrogen-bond donors (Lipinski definition) is 2. The highest BCUT2D eigenvalue weighted by molar-refractivity contribution is 5.91. The van der Waals surface area contributed by atoms with E-state index in [2.05, 4.69) is 34.3 Å². The van der Waals surface area contributed by atoms with Crippen molar-refractivity contribution in [3.8, 4) is 0 Å². The van der Waals surface area contributed by atoms with Crippen LogP contribution in [-0.2, 0) is 6.42 Å². The summed E-state index contributed by atoms with van der Waals surface area (Å²) in [6.45, 7) is 5.29. The lowest BCUT2D eigenvalue weighted by Gasteiger charge is -2.23. The summed E-state index contributed by atoms with van der Waals surface area (Å²) in [5.41, 5.74) is -0.262. The second kappa shape index (κ2) is 7.18. The van der Waals surface area contributed by atoms with Crippen LogP contribution >= 0.6 is 0 Å². The predicted molar refractivity (Wildman–Crippen MR) is 91.2 cm³/mol. The number of carbonyl (C=O) groups excluding carboxylic acids is 1. The minimum absolute atomic E-state index is 0.134. The zero-order chi connectivity index (χ0) is 17.9. The monoisotopic (exact) mass is 345 g/mol. The molecule has 1 saturated heterocycles. The maximum absolute atomic E-state index is 12.2. The number of carbonyl (C=O) groups is 1. The molecule has 0 aliphatic carbocycles. The molecule has 0 aromatic carbocycles. The van der Waals surface area contributed by atoms with Gasteiger partial charge in [0.15, 0.2) is 0 Å². The lowest BCUT2D eigenvalue weighted by atomic mass is 10.0. The molecule has 0 saturated carbocycles. The summed E-state index contributed by atoms with van der Waals surface area (Å²) in [6, 6.07) is 3.40. The zero-order valence-electron chi connectivity index (χ0n) is 14.5. The second-order valence-electron chi connectivity index (χ2n) is 6.91. The van der Waals surface area contributed by atoms with Crippen LogP contribution in [0.15, 0.2) is 29.0 Å². The summed E-state index contributed by atoms with van der Waals surface area (Å²) in [4.78, 5) is 22.5. The Morgan fingerprint density at radius 2 is 2.20 bits per heavy atom. The second-order valence-corrected chi connectivity index (χ2v) is 6.91. The van der Waals surface area contributed by atoms with Gasteiger partial charge in [-0.1, -0.05) is 19.0 Å². The Morgan fingerprint density at radius 1 is 1.44 bits per heavy atom. The third-order valence-electron chi connectivity index (χ3n) is 4.15. The van der Waals surface area contributed by atoms with E-state index < -0.39 is 5.60 Å². The largest absolute Gasteiger partial charge is 0.386 e. The zero-order valence-corrected chi connectivity index (χ0v) is 14.5. The number of β-amino-alcohol motifs (C(OH)–C–C–N with tert-alkyl or cyclic N) is 1. The minimum Gasteiger partial charge on any atom is -0.386 e. The molecule has 1 atom stereocenters. The summed E-state index contributed by atoms with van der Waals surface area (Å²) in [6.07, 6.45) is 4.62. The van der Waals surface area contributed by atoms with Gasteiger partial charge in [0.2, 0.25) is 11.7 Å². The van der Waals surface area contributed by atoms with E-state index in [-0.39, 0.29) is 18.2 Å². The molecule has 0 spiro atoms. The van der Waals surface area contributed by atoms with Gasteiger partial charge in [0.05, 0.1) is 12.2 Å². The number of aromatic nitrogens is 3. The van der Waals surface area contributed by atoms with Crippen LogP contribution in [0.2, 0.25) is 0 Å². The van der Waals surface area contributed by atoms with Crippen molar-refractivity contribution in [2.24, 2.45) is 5.92 Å². The molecule has 2 N–H and O–H groups in total. The van der Waals surface area contributed by atoms with Gasteiger partial charge in [-0.05, 0) is 24.8 Å². The molecule has 134 valence electrons. The summed E-state index contributed by atoms with van der Waals surface area (Å²) < 4.78 is 5.09. The fourth-order valence-electron chi connectivity index (χ4n) is 2.89. The average molecular weight is 345 g/mol. The predicted octanol–water partition coefficient (Wildman–Crippen LogP) is 1.03. The van der Waals surface area contributed by atoms with Gasteiger partial charge in [-0.25, -0.2) is 9.97 Å². The molecular formula is C17H23N5O3. The van der Waals surface area contributed by atoms with Crippen LogP contribution in [0, 0.1) is 5.92 Å². The topological polar surface area (TPSA) is 104 Å². The summed E-state index contributed by atoms with van der Waals surface area (Å²) >= 11 is 0. The molecule has 0 bridgehead atoms. The van der Waals surface area contributed by atoms with E-state index >= 15 is 0 Å². The van der Waals surface area contributed by atoms with Gasteiger partial charge >= 0.3 is 0 Å². The number of amides is 1. The van der Waals surface area contributed by atoms with Gasteiger partial charge in [0, 0.05) is 31.5 Å². The molecule has 0 unspecified atom stereocenters. The molecule has 3 rings (SSSR count). The number of nitrogens with one attached hydrogen (secondary N) is 1. The Kier molecular flexibility index (Phi) is 4.98. The lowest BCUT2D eigenvalue weighted by molar-refractivity contribution is 0.0564. The molecule has 2 aromatic heterocycles. The van der Waals surface area contributed by atoms with Crippen LogP contribution in [0.3, 0.4) is 0 Å². The van der Waals surface area contributed by atoms with Crippen LogP contribution in [0.25, 0.3) is 0 Å². The van der Waals surface area contributed by atoms with E-state index in [0.717, 1.165) is 12.1 Å². The SMILES string of the molecule is CC(C)Cc1cc(C(=O)NC[C@]2(O)CCN(c3ncccn3)C2)on1. The number of rotatable bonds is 6. The minimum atomic E-state index is -1.02. The van der Waals surface area contributed by atoms with E-state index in [1.54, 1.807) is 24.5 Å². The number of aliphatic hydroxyl groups is 1. The Hall–Kier alpha value is -2.48. The Labute approximate surface area is 146 Å². The van der Waals surface area contributed by atoms with Gasteiger partial charge in [-0.15, -0.1) is 0 Å².